The number of aromatic nitrogens is 2. The monoisotopic (exact) mass is 642 g/mol. The first-order chi connectivity index (χ1) is 21.4. The largest absolute Gasteiger partial charge is 0.497 e. The third-order valence-corrected chi connectivity index (χ3v) is 9.41. The summed E-state index contributed by atoms with van der Waals surface area (Å²) in [6.07, 6.45) is 5.70. The van der Waals surface area contributed by atoms with Gasteiger partial charge in [0.15, 0.2) is 5.15 Å². The van der Waals surface area contributed by atoms with Gasteiger partial charge in [0.05, 0.1) is 31.8 Å². The van der Waals surface area contributed by atoms with E-state index in [1.807, 2.05) is 26.8 Å². The molecule has 1 aromatic carbocycles. The molecule has 2 amide bonds. The van der Waals surface area contributed by atoms with Crippen molar-refractivity contribution >= 4 is 40.6 Å². The molecule has 3 fully saturated rings. The van der Waals surface area contributed by atoms with Crippen LogP contribution in [0.1, 0.15) is 59.3 Å². The van der Waals surface area contributed by atoms with Gasteiger partial charge in [0.1, 0.15) is 30.0 Å². The number of allylic oxidation sites excluding steroid dienone is 1. The van der Waals surface area contributed by atoms with E-state index in [1.54, 1.807) is 25.3 Å². The van der Waals surface area contributed by atoms with Crippen LogP contribution in [0.4, 0.5) is 4.79 Å². The maximum Gasteiger partial charge on any atom is 0.408 e. The van der Waals surface area contributed by atoms with Crippen molar-refractivity contribution in [3.63, 3.8) is 0 Å². The Kier molecular flexibility index (Phi) is 9.77. The number of esters is 1. The quantitative estimate of drug-likeness (QED) is 0.196. The summed E-state index contributed by atoms with van der Waals surface area (Å²) in [5.41, 5.74) is 0.387. The summed E-state index contributed by atoms with van der Waals surface area (Å²) < 4.78 is 22.5. The van der Waals surface area contributed by atoms with Crippen LogP contribution in [-0.4, -0.2) is 77.9 Å². The fraction of sp³-hybridized carbons (Fsp3) is 0.606. The van der Waals surface area contributed by atoms with E-state index in [0.29, 0.717) is 34.5 Å². The number of fused-ring (bicyclic) bond motifs is 2. The lowest BCUT2D eigenvalue weighted by Gasteiger charge is -2.35. The minimum atomic E-state index is -0.969. The normalized spacial score (nSPS) is 26.1. The highest BCUT2D eigenvalue weighted by Gasteiger charge is 2.55. The van der Waals surface area contributed by atoms with Gasteiger partial charge in [-0.25, -0.2) is 19.6 Å². The predicted molar refractivity (Wildman–Crippen MR) is 168 cm³/mol. The van der Waals surface area contributed by atoms with E-state index in [0.717, 1.165) is 32.1 Å². The summed E-state index contributed by atoms with van der Waals surface area (Å²) in [4.78, 5) is 50.6. The van der Waals surface area contributed by atoms with Gasteiger partial charge in [-0.3, -0.25) is 4.79 Å². The molecule has 0 spiro atoms. The lowest BCUT2D eigenvalue weighted by molar-refractivity contribution is -0.152. The number of methoxy groups -OCH3 is 2. The molecule has 12 heteroatoms. The number of amides is 2. The summed E-state index contributed by atoms with van der Waals surface area (Å²) in [7, 11) is 2.82. The van der Waals surface area contributed by atoms with Crippen molar-refractivity contribution in [3.05, 3.63) is 36.0 Å². The number of halogens is 1. The Morgan fingerprint density at radius 1 is 1.16 bits per heavy atom. The second-order valence-electron chi connectivity index (χ2n) is 13.4. The zero-order chi connectivity index (χ0) is 32.5. The molecular formula is C33H43ClN4O7. The smallest absolute Gasteiger partial charge is 0.408 e. The highest BCUT2D eigenvalue weighted by Crippen LogP contribution is 2.56. The second-order valence-corrected chi connectivity index (χ2v) is 13.7. The Bertz CT molecular complexity index is 1450. The number of ether oxygens (including phenoxy) is 4. The van der Waals surface area contributed by atoms with E-state index in [-0.39, 0.29) is 30.1 Å². The highest BCUT2D eigenvalue weighted by molar-refractivity contribution is 6.31. The Morgan fingerprint density at radius 2 is 1.93 bits per heavy atom. The Balaban J connectivity index is 1.30. The Labute approximate surface area is 269 Å². The first kappa shape index (κ1) is 32.8. The van der Waals surface area contributed by atoms with Gasteiger partial charge in [-0.2, -0.15) is 0 Å². The standard InChI is InChI=1S/C33H43ClN4O7/c1-7-8-9-10-18-13-19-14-22(19)26(18)45-32(41)37-27(33(2,3)4)30(39)38-17-21(16-25(38)31(40)43-6)44-29-28(34)35-23-12-11-20(42-5)15-24(23)36-29/h7,11-12,15,18-19,21-22,25-27H,1,8-10,13-14,16-17H2,2-6H3,(H,37,41)/t18-,19+,21-,22?,25+,26+,27-/m1/s1. The summed E-state index contributed by atoms with van der Waals surface area (Å²) in [6, 6.07) is 3.30. The first-order valence-corrected chi connectivity index (χ1v) is 16.0. The van der Waals surface area contributed by atoms with E-state index < -0.39 is 41.6 Å². The molecule has 2 saturated carbocycles. The van der Waals surface area contributed by atoms with Crippen molar-refractivity contribution in [1.29, 1.82) is 0 Å². The fourth-order valence-corrected chi connectivity index (χ4v) is 6.92. The van der Waals surface area contributed by atoms with Gasteiger partial charge < -0.3 is 29.2 Å². The number of carbonyl (C=O) groups is 3. The number of unbranched alkanes of at least 4 members (excludes halogenated alkanes) is 1. The van der Waals surface area contributed by atoms with E-state index >= 15 is 0 Å². The van der Waals surface area contributed by atoms with Crippen LogP contribution in [0.15, 0.2) is 30.9 Å². The van der Waals surface area contributed by atoms with Crippen molar-refractivity contribution in [2.75, 3.05) is 20.8 Å². The van der Waals surface area contributed by atoms with Crippen LogP contribution in [0.3, 0.4) is 0 Å². The molecule has 1 aliphatic heterocycles. The second kappa shape index (κ2) is 13.4. The van der Waals surface area contributed by atoms with Gasteiger partial charge in [-0.15, -0.1) is 6.58 Å². The van der Waals surface area contributed by atoms with Crippen LogP contribution in [0.5, 0.6) is 11.6 Å². The maximum absolute atomic E-state index is 14.1. The topological polar surface area (TPSA) is 129 Å². The third kappa shape index (κ3) is 7.29. The van der Waals surface area contributed by atoms with Gasteiger partial charge in [-0.05, 0) is 67.4 Å². The van der Waals surface area contributed by atoms with E-state index in [4.69, 9.17) is 30.5 Å². The molecule has 2 aliphatic carbocycles. The number of nitrogens with zero attached hydrogens (tertiary/aromatic N) is 3. The van der Waals surface area contributed by atoms with Crippen LogP contribution in [-0.2, 0) is 19.1 Å². The van der Waals surface area contributed by atoms with E-state index in [9.17, 15) is 14.4 Å². The van der Waals surface area contributed by atoms with Gasteiger partial charge in [0.25, 0.3) is 5.88 Å². The molecule has 11 nitrogen and oxygen atoms in total. The minimum Gasteiger partial charge on any atom is -0.497 e. The number of hydrogen-bond donors (Lipinski definition) is 1. The van der Waals surface area contributed by atoms with Crippen molar-refractivity contribution < 1.29 is 33.3 Å². The molecule has 7 atom stereocenters. The third-order valence-electron chi connectivity index (χ3n) is 9.17. The van der Waals surface area contributed by atoms with Gasteiger partial charge in [0.2, 0.25) is 5.91 Å². The lowest BCUT2D eigenvalue weighted by atomic mass is 9.85. The molecule has 1 unspecified atom stereocenters. The maximum atomic E-state index is 14.1. The Hall–Kier alpha value is -3.60. The first-order valence-electron chi connectivity index (χ1n) is 15.6. The fourth-order valence-electron chi connectivity index (χ4n) is 6.74. The van der Waals surface area contributed by atoms with Gasteiger partial charge in [0, 0.05) is 12.5 Å². The number of carbonyl (C=O) groups excluding carboxylic acids is 3. The number of rotatable bonds is 11. The number of benzene rings is 1. The summed E-state index contributed by atoms with van der Waals surface area (Å²) in [5, 5.41) is 2.91. The number of likely N-dealkylation sites (tertiary alicyclic amines) is 1. The molecule has 0 bridgehead atoms. The molecule has 45 heavy (non-hydrogen) atoms. The zero-order valence-corrected chi connectivity index (χ0v) is 27.3. The SMILES string of the molecule is C=CCCC[C@@H]1C[C@H]2CC2[C@H]1OC(=O)N[C@H](C(=O)N1C[C@H](Oc2nc3cc(OC)ccc3nc2Cl)C[C@H]1C(=O)OC)C(C)(C)C. The molecule has 5 rings (SSSR count). The average molecular weight is 643 g/mol. The molecule has 2 aromatic rings. The molecule has 3 aliphatic rings. The van der Waals surface area contributed by atoms with E-state index in [1.165, 1.54) is 12.0 Å². The predicted octanol–water partition coefficient (Wildman–Crippen LogP) is 5.33. The number of alkyl carbamates (subject to hydrolysis) is 1. The van der Waals surface area contributed by atoms with Gasteiger partial charge in [-0.1, -0.05) is 38.4 Å². The molecule has 2 heterocycles. The zero-order valence-electron chi connectivity index (χ0n) is 26.6. The van der Waals surface area contributed by atoms with Crippen LogP contribution in [0, 0.1) is 23.2 Å². The van der Waals surface area contributed by atoms with Crippen LogP contribution in [0.2, 0.25) is 5.15 Å². The van der Waals surface area contributed by atoms with Crippen molar-refractivity contribution in [1.82, 2.24) is 20.2 Å². The van der Waals surface area contributed by atoms with Crippen molar-refractivity contribution in [2.45, 2.75) is 83.6 Å². The highest BCUT2D eigenvalue weighted by atomic mass is 35.5. The molecule has 1 N–H and O–H groups in total. The Morgan fingerprint density at radius 3 is 2.62 bits per heavy atom. The summed E-state index contributed by atoms with van der Waals surface area (Å²) >= 11 is 6.41. The van der Waals surface area contributed by atoms with Crippen LogP contribution >= 0.6 is 11.6 Å². The summed E-state index contributed by atoms with van der Waals surface area (Å²) in [5.74, 6) is 0.974. The van der Waals surface area contributed by atoms with Crippen molar-refractivity contribution in [2.24, 2.45) is 23.2 Å². The molecule has 1 saturated heterocycles. The molecule has 0 radical (unpaired) electrons. The van der Waals surface area contributed by atoms with E-state index in [2.05, 4.69) is 21.9 Å². The van der Waals surface area contributed by atoms with Crippen molar-refractivity contribution in [3.8, 4) is 11.6 Å². The molecule has 1 aromatic heterocycles. The van der Waals surface area contributed by atoms with Crippen LogP contribution in [0.25, 0.3) is 11.0 Å². The summed E-state index contributed by atoms with van der Waals surface area (Å²) in [6.45, 7) is 9.43. The average Bonchev–Trinajstić information content (AvgIpc) is 3.51. The van der Waals surface area contributed by atoms with Crippen LogP contribution < -0.4 is 14.8 Å². The van der Waals surface area contributed by atoms with Gasteiger partial charge >= 0.3 is 12.1 Å². The lowest BCUT2D eigenvalue weighted by Crippen LogP contribution is -2.57. The number of nitrogens with one attached hydrogen (secondary N) is 1. The minimum absolute atomic E-state index is 0.0494. The molecular weight excluding hydrogens is 600 g/mol. The number of hydrogen-bond acceptors (Lipinski definition) is 9. The molecule has 244 valence electrons.